The summed E-state index contributed by atoms with van der Waals surface area (Å²) in [5, 5.41) is 11.6. The van der Waals surface area contributed by atoms with E-state index in [1.807, 2.05) is 0 Å². The van der Waals surface area contributed by atoms with Gasteiger partial charge in [-0.3, -0.25) is 4.79 Å². The van der Waals surface area contributed by atoms with Crippen LogP contribution in [-0.2, 0) is 4.74 Å². The summed E-state index contributed by atoms with van der Waals surface area (Å²) in [5.41, 5.74) is 0.661. The molecule has 102 valence electrons. The van der Waals surface area contributed by atoms with Gasteiger partial charge in [-0.15, -0.1) is 0 Å². The van der Waals surface area contributed by atoms with Gasteiger partial charge in [0, 0.05) is 13.2 Å². The van der Waals surface area contributed by atoms with Crippen molar-refractivity contribution in [3.05, 3.63) is 29.1 Å². The van der Waals surface area contributed by atoms with E-state index in [1.165, 1.54) is 12.1 Å². The smallest absolute Gasteiger partial charge is 0.337 e. The van der Waals surface area contributed by atoms with Gasteiger partial charge >= 0.3 is 5.97 Å². The van der Waals surface area contributed by atoms with Crippen molar-refractivity contribution in [2.75, 3.05) is 13.2 Å². The Kier molecular flexibility index (Phi) is 4.11. The quantitative estimate of drug-likeness (QED) is 0.846. The number of nitrogens with zero attached hydrogens (tertiary/aromatic N) is 1. The largest absolute Gasteiger partial charge is 0.478 e. The molecular formula is C13H16N2O4. The van der Waals surface area contributed by atoms with E-state index in [9.17, 15) is 9.59 Å². The number of ether oxygens (including phenoxy) is 1. The SMILES string of the molecule is Cc1nc(C(=O)NCC2CCCO2)ccc1C(=O)O. The van der Waals surface area contributed by atoms with Crippen LogP contribution in [0.15, 0.2) is 12.1 Å². The number of rotatable bonds is 4. The van der Waals surface area contributed by atoms with Gasteiger partial charge in [0.2, 0.25) is 0 Å². The molecule has 1 aromatic rings. The zero-order valence-corrected chi connectivity index (χ0v) is 10.7. The predicted molar refractivity (Wildman–Crippen MR) is 67.2 cm³/mol. The number of pyridine rings is 1. The fraction of sp³-hybridized carbons (Fsp3) is 0.462. The first kappa shape index (κ1) is 13.5. The van der Waals surface area contributed by atoms with Gasteiger partial charge in [0.25, 0.3) is 5.91 Å². The lowest BCUT2D eigenvalue weighted by Gasteiger charge is -2.10. The summed E-state index contributed by atoms with van der Waals surface area (Å²) in [6.45, 7) is 2.77. The summed E-state index contributed by atoms with van der Waals surface area (Å²) < 4.78 is 5.40. The number of aromatic carboxylic acids is 1. The number of amides is 1. The standard InChI is InChI=1S/C13H16N2O4/c1-8-10(13(17)18)4-5-11(15-8)12(16)14-7-9-3-2-6-19-9/h4-5,9H,2-3,6-7H2,1H3,(H,14,16)(H,17,18). The molecule has 0 aliphatic carbocycles. The van der Waals surface area contributed by atoms with Gasteiger partial charge < -0.3 is 15.2 Å². The van der Waals surface area contributed by atoms with Crippen LogP contribution in [-0.4, -0.2) is 41.2 Å². The average Bonchev–Trinajstić information content (AvgIpc) is 2.88. The average molecular weight is 264 g/mol. The van der Waals surface area contributed by atoms with Crippen molar-refractivity contribution in [1.29, 1.82) is 0 Å². The number of hydrogen-bond donors (Lipinski definition) is 2. The van der Waals surface area contributed by atoms with Gasteiger partial charge in [-0.05, 0) is 31.9 Å². The van der Waals surface area contributed by atoms with Crippen LogP contribution in [0.1, 0.15) is 39.4 Å². The number of aromatic nitrogens is 1. The summed E-state index contributed by atoms with van der Waals surface area (Å²) in [7, 11) is 0. The van der Waals surface area contributed by atoms with E-state index in [0.29, 0.717) is 12.2 Å². The summed E-state index contributed by atoms with van der Waals surface area (Å²) >= 11 is 0. The maximum Gasteiger partial charge on any atom is 0.337 e. The lowest BCUT2D eigenvalue weighted by molar-refractivity contribution is 0.0694. The molecule has 0 radical (unpaired) electrons. The van der Waals surface area contributed by atoms with Gasteiger partial charge in [-0.25, -0.2) is 9.78 Å². The van der Waals surface area contributed by atoms with Crippen molar-refractivity contribution in [3.63, 3.8) is 0 Å². The Labute approximate surface area is 110 Å². The number of hydrogen-bond acceptors (Lipinski definition) is 4. The summed E-state index contributed by atoms with van der Waals surface area (Å²) in [6.07, 6.45) is 2.04. The van der Waals surface area contributed by atoms with Gasteiger partial charge in [-0.2, -0.15) is 0 Å². The molecule has 0 bridgehead atoms. The van der Waals surface area contributed by atoms with E-state index < -0.39 is 5.97 Å². The first-order valence-electron chi connectivity index (χ1n) is 6.18. The maximum absolute atomic E-state index is 11.9. The third kappa shape index (κ3) is 3.29. The van der Waals surface area contributed by atoms with Gasteiger partial charge in [0.1, 0.15) is 5.69 Å². The number of carbonyl (C=O) groups excluding carboxylic acids is 1. The lowest BCUT2D eigenvalue weighted by atomic mass is 10.2. The van der Waals surface area contributed by atoms with Crippen LogP contribution >= 0.6 is 0 Å². The number of carboxylic acids is 1. The number of nitrogens with one attached hydrogen (secondary N) is 1. The van der Waals surface area contributed by atoms with Crippen molar-refractivity contribution < 1.29 is 19.4 Å². The van der Waals surface area contributed by atoms with Crippen LogP contribution in [0.3, 0.4) is 0 Å². The molecule has 0 spiro atoms. The van der Waals surface area contributed by atoms with Crippen LogP contribution in [0.25, 0.3) is 0 Å². The van der Waals surface area contributed by atoms with Crippen LogP contribution in [0, 0.1) is 6.92 Å². The topological polar surface area (TPSA) is 88.5 Å². The molecule has 1 fully saturated rings. The van der Waals surface area contributed by atoms with Crippen LogP contribution in [0.5, 0.6) is 0 Å². The molecule has 2 heterocycles. The molecule has 1 saturated heterocycles. The molecule has 0 saturated carbocycles. The Bertz CT molecular complexity index is 495. The summed E-state index contributed by atoms with van der Waals surface area (Å²) in [5.74, 6) is -1.35. The van der Waals surface area contributed by atoms with Crippen LogP contribution in [0.4, 0.5) is 0 Å². The van der Waals surface area contributed by atoms with Crippen molar-refractivity contribution >= 4 is 11.9 Å². The first-order valence-corrected chi connectivity index (χ1v) is 6.18. The monoisotopic (exact) mass is 264 g/mol. The molecular weight excluding hydrogens is 248 g/mol. The third-order valence-corrected chi connectivity index (χ3v) is 3.06. The molecule has 1 aromatic heterocycles. The normalized spacial score (nSPS) is 18.3. The second-order valence-corrected chi connectivity index (χ2v) is 4.48. The molecule has 1 atom stereocenters. The molecule has 2 rings (SSSR count). The van der Waals surface area contributed by atoms with E-state index in [0.717, 1.165) is 19.4 Å². The molecule has 1 aliphatic rings. The maximum atomic E-state index is 11.9. The highest BCUT2D eigenvalue weighted by molar-refractivity contribution is 5.94. The van der Waals surface area contributed by atoms with Crippen LogP contribution in [0.2, 0.25) is 0 Å². The lowest BCUT2D eigenvalue weighted by Crippen LogP contribution is -2.32. The van der Waals surface area contributed by atoms with Gasteiger partial charge in [-0.1, -0.05) is 0 Å². The fourth-order valence-corrected chi connectivity index (χ4v) is 2.02. The second-order valence-electron chi connectivity index (χ2n) is 4.48. The molecule has 1 unspecified atom stereocenters. The first-order chi connectivity index (χ1) is 9.08. The Hall–Kier alpha value is -1.95. The van der Waals surface area contributed by atoms with Crippen molar-refractivity contribution in [2.24, 2.45) is 0 Å². The Morgan fingerprint density at radius 1 is 1.53 bits per heavy atom. The zero-order valence-electron chi connectivity index (χ0n) is 10.7. The van der Waals surface area contributed by atoms with E-state index in [4.69, 9.17) is 9.84 Å². The highest BCUT2D eigenvalue weighted by Crippen LogP contribution is 2.11. The van der Waals surface area contributed by atoms with E-state index >= 15 is 0 Å². The highest BCUT2D eigenvalue weighted by atomic mass is 16.5. The minimum atomic E-state index is -1.05. The number of carboxylic acid groups (broad SMARTS) is 1. The van der Waals surface area contributed by atoms with E-state index in [1.54, 1.807) is 6.92 Å². The molecule has 1 amide bonds. The van der Waals surface area contributed by atoms with Gasteiger partial charge in [0.15, 0.2) is 0 Å². The minimum absolute atomic E-state index is 0.0725. The minimum Gasteiger partial charge on any atom is -0.478 e. The zero-order chi connectivity index (χ0) is 13.8. The molecule has 0 aromatic carbocycles. The van der Waals surface area contributed by atoms with Gasteiger partial charge in [0.05, 0.1) is 17.4 Å². The predicted octanol–water partition coefficient (Wildman–Crippen LogP) is 0.997. The van der Waals surface area contributed by atoms with Crippen molar-refractivity contribution in [1.82, 2.24) is 10.3 Å². The molecule has 2 N–H and O–H groups in total. The van der Waals surface area contributed by atoms with Crippen molar-refractivity contribution in [2.45, 2.75) is 25.9 Å². The molecule has 1 aliphatic heterocycles. The third-order valence-electron chi connectivity index (χ3n) is 3.06. The molecule has 6 heteroatoms. The fourth-order valence-electron chi connectivity index (χ4n) is 2.02. The summed E-state index contributed by atoms with van der Waals surface area (Å²) in [6, 6.07) is 2.81. The summed E-state index contributed by atoms with van der Waals surface area (Å²) in [4.78, 5) is 26.7. The van der Waals surface area contributed by atoms with Crippen LogP contribution < -0.4 is 5.32 Å². The Morgan fingerprint density at radius 3 is 2.89 bits per heavy atom. The Balaban J connectivity index is 1.98. The highest BCUT2D eigenvalue weighted by Gasteiger charge is 2.18. The Morgan fingerprint density at radius 2 is 2.32 bits per heavy atom. The molecule has 6 nitrogen and oxygen atoms in total. The van der Waals surface area contributed by atoms with E-state index in [2.05, 4.69) is 10.3 Å². The number of carbonyl (C=O) groups is 2. The second kappa shape index (κ2) is 5.79. The van der Waals surface area contributed by atoms with E-state index in [-0.39, 0.29) is 23.3 Å². The molecule has 19 heavy (non-hydrogen) atoms. The van der Waals surface area contributed by atoms with Crippen molar-refractivity contribution in [3.8, 4) is 0 Å². The number of aryl methyl sites for hydroxylation is 1.